The molecular weight excluding hydrogens is 377 g/mol. The molecule has 0 aromatic heterocycles. The van der Waals surface area contributed by atoms with Gasteiger partial charge in [-0.15, -0.1) is 24.0 Å². The van der Waals surface area contributed by atoms with Crippen molar-refractivity contribution < 1.29 is 0 Å². The number of hydrogen-bond donors (Lipinski definition) is 1. The molecule has 0 saturated carbocycles. The van der Waals surface area contributed by atoms with E-state index in [0.717, 1.165) is 38.1 Å². The van der Waals surface area contributed by atoms with Crippen molar-refractivity contribution in [1.82, 2.24) is 14.7 Å². The summed E-state index contributed by atoms with van der Waals surface area (Å²) in [4.78, 5) is 11.8. The molecule has 0 spiro atoms. The normalized spacial score (nSPS) is 23.1. The van der Waals surface area contributed by atoms with E-state index in [9.17, 15) is 0 Å². The number of guanidine groups is 1. The van der Waals surface area contributed by atoms with Gasteiger partial charge in [-0.1, -0.05) is 13.8 Å². The van der Waals surface area contributed by atoms with Gasteiger partial charge >= 0.3 is 0 Å². The van der Waals surface area contributed by atoms with Crippen LogP contribution in [0.3, 0.4) is 0 Å². The van der Waals surface area contributed by atoms with Crippen molar-refractivity contribution in [3.8, 4) is 0 Å². The summed E-state index contributed by atoms with van der Waals surface area (Å²) < 4.78 is 0. The average Bonchev–Trinajstić information content (AvgIpc) is 2.48. The third-order valence-electron chi connectivity index (χ3n) is 4.71. The number of nitrogens with two attached hydrogens (primary N) is 1. The van der Waals surface area contributed by atoms with E-state index in [2.05, 4.69) is 33.5 Å². The molecule has 0 unspecified atom stereocenters. The lowest BCUT2D eigenvalue weighted by Crippen LogP contribution is -2.47. The van der Waals surface area contributed by atoms with Gasteiger partial charge in [0.2, 0.25) is 0 Å². The van der Waals surface area contributed by atoms with Crippen molar-refractivity contribution in [2.75, 3.05) is 58.9 Å². The number of piperazine rings is 1. The molecule has 0 radical (unpaired) electrons. The van der Waals surface area contributed by atoms with E-state index in [4.69, 9.17) is 5.73 Å². The smallest absolute Gasteiger partial charge is 0.191 e. The monoisotopic (exact) mass is 409 g/mol. The zero-order valence-electron chi connectivity index (χ0n) is 13.6. The predicted molar refractivity (Wildman–Crippen MR) is 100 cm³/mol. The predicted octanol–water partition coefficient (Wildman–Crippen LogP) is 1.29. The second-order valence-corrected chi connectivity index (χ2v) is 6.19. The van der Waals surface area contributed by atoms with Crippen molar-refractivity contribution in [1.29, 1.82) is 0 Å². The third-order valence-corrected chi connectivity index (χ3v) is 4.71. The van der Waals surface area contributed by atoms with Gasteiger partial charge in [-0.05, 0) is 25.3 Å². The van der Waals surface area contributed by atoms with Crippen LogP contribution >= 0.6 is 24.0 Å². The van der Waals surface area contributed by atoms with E-state index in [1.54, 1.807) is 0 Å². The van der Waals surface area contributed by atoms with Crippen molar-refractivity contribution in [2.45, 2.75) is 26.7 Å². The fourth-order valence-corrected chi connectivity index (χ4v) is 2.97. The SMILES string of the molecule is CCN1CCN(CCN=C(N)N2CCC(C)CC2)CC1.I. The molecule has 0 aromatic carbocycles. The van der Waals surface area contributed by atoms with Crippen LogP contribution in [-0.2, 0) is 0 Å². The Labute approximate surface area is 146 Å². The maximum absolute atomic E-state index is 6.10. The molecule has 0 bridgehead atoms. The molecule has 0 aliphatic carbocycles. The maximum Gasteiger partial charge on any atom is 0.191 e. The molecule has 2 fully saturated rings. The Morgan fingerprint density at radius 3 is 2.19 bits per heavy atom. The van der Waals surface area contributed by atoms with Crippen LogP contribution in [0.4, 0.5) is 0 Å². The highest BCUT2D eigenvalue weighted by Crippen LogP contribution is 2.15. The number of likely N-dealkylation sites (tertiary alicyclic amines) is 1. The van der Waals surface area contributed by atoms with Crippen LogP contribution in [-0.4, -0.2) is 79.6 Å². The Hall–Kier alpha value is -0.0800. The molecule has 2 rings (SSSR count). The van der Waals surface area contributed by atoms with E-state index < -0.39 is 0 Å². The second-order valence-electron chi connectivity index (χ2n) is 6.19. The summed E-state index contributed by atoms with van der Waals surface area (Å²) in [5, 5.41) is 0. The van der Waals surface area contributed by atoms with Gasteiger partial charge in [0.05, 0.1) is 6.54 Å². The second kappa shape index (κ2) is 9.84. The number of aliphatic imine (C=N–C) groups is 1. The average molecular weight is 409 g/mol. The molecule has 2 aliphatic heterocycles. The summed E-state index contributed by atoms with van der Waals surface area (Å²) in [6.45, 7) is 14.5. The van der Waals surface area contributed by atoms with Crippen molar-refractivity contribution in [3.05, 3.63) is 0 Å². The Kier molecular flexibility index (Phi) is 8.89. The summed E-state index contributed by atoms with van der Waals surface area (Å²) in [7, 11) is 0. The molecule has 0 aromatic rings. The summed E-state index contributed by atoms with van der Waals surface area (Å²) in [6, 6.07) is 0. The molecule has 2 heterocycles. The standard InChI is InChI=1S/C15H31N5.HI/c1-3-18-10-12-19(13-11-18)9-6-17-15(16)20-7-4-14(2)5-8-20;/h14H,3-13H2,1-2H3,(H2,16,17);1H. The van der Waals surface area contributed by atoms with Gasteiger partial charge < -0.3 is 15.5 Å². The minimum absolute atomic E-state index is 0. The van der Waals surface area contributed by atoms with Gasteiger partial charge in [-0.25, -0.2) is 0 Å². The third kappa shape index (κ3) is 6.28. The Morgan fingerprint density at radius 2 is 1.62 bits per heavy atom. The van der Waals surface area contributed by atoms with Gasteiger partial charge in [0.1, 0.15) is 0 Å². The zero-order chi connectivity index (χ0) is 14.4. The van der Waals surface area contributed by atoms with Crippen molar-refractivity contribution in [3.63, 3.8) is 0 Å². The summed E-state index contributed by atoms with van der Waals surface area (Å²) in [5.41, 5.74) is 6.10. The lowest BCUT2D eigenvalue weighted by atomic mass is 10.00. The number of rotatable bonds is 4. The largest absolute Gasteiger partial charge is 0.370 e. The molecular formula is C15H32IN5. The number of piperidine rings is 1. The molecule has 6 heteroatoms. The number of nitrogens with zero attached hydrogens (tertiary/aromatic N) is 4. The molecule has 124 valence electrons. The van der Waals surface area contributed by atoms with E-state index in [1.807, 2.05) is 0 Å². The lowest BCUT2D eigenvalue weighted by molar-refractivity contribution is 0.140. The van der Waals surface area contributed by atoms with Crippen molar-refractivity contribution in [2.24, 2.45) is 16.6 Å². The van der Waals surface area contributed by atoms with Crippen LogP contribution in [0.5, 0.6) is 0 Å². The van der Waals surface area contributed by atoms with E-state index >= 15 is 0 Å². The molecule has 0 amide bonds. The van der Waals surface area contributed by atoms with Gasteiger partial charge in [-0.2, -0.15) is 0 Å². The van der Waals surface area contributed by atoms with Gasteiger partial charge in [0, 0.05) is 45.8 Å². The first-order chi connectivity index (χ1) is 9.69. The van der Waals surface area contributed by atoms with Gasteiger partial charge in [0.25, 0.3) is 0 Å². The van der Waals surface area contributed by atoms with E-state index in [0.29, 0.717) is 0 Å². The quantitative estimate of drug-likeness (QED) is 0.432. The molecule has 2 aliphatic rings. The fourth-order valence-electron chi connectivity index (χ4n) is 2.97. The van der Waals surface area contributed by atoms with Crippen LogP contribution in [0.15, 0.2) is 4.99 Å². The number of likely N-dealkylation sites (N-methyl/N-ethyl adjacent to an activating group) is 1. The molecule has 21 heavy (non-hydrogen) atoms. The topological polar surface area (TPSA) is 48.1 Å². The highest BCUT2D eigenvalue weighted by molar-refractivity contribution is 14.0. The van der Waals surface area contributed by atoms with Crippen LogP contribution in [0.1, 0.15) is 26.7 Å². The maximum atomic E-state index is 6.10. The lowest BCUT2D eigenvalue weighted by Gasteiger charge is -2.34. The highest BCUT2D eigenvalue weighted by Gasteiger charge is 2.17. The first-order valence-electron chi connectivity index (χ1n) is 8.18. The Bertz CT molecular complexity index is 307. The molecule has 5 nitrogen and oxygen atoms in total. The van der Waals surface area contributed by atoms with E-state index in [1.165, 1.54) is 45.6 Å². The number of hydrogen-bond acceptors (Lipinski definition) is 3. The minimum atomic E-state index is 0. The van der Waals surface area contributed by atoms with Gasteiger partial charge in [0.15, 0.2) is 5.96 Å². The molecule has 2 saturated heterocycles. The zero-order valence-corrected chi connectivity index (χ0v) is 16.0. The number of halogens is 1. The first kappa shape index (κ1) is 19.0. The molecule has 0 atom stereocenters. The van der Waals surface area contributed by atoms with Crippen LogP contribution in [0, 0.1) is 5.92 Å². The van der Waals surface area contributed by atoms with Crippen LogP contribution in [0.2, 0.25) is 0 Å². The van der Waals surface area contributed by atoms with E-state index in [-0.39, 0.29) is 24.0 Å². The summed E-state index contributed by atoms with van der Waals surface area (Å²) >= 11 is 0. The van der Waals surface area contributed by atoms with Gasteiger partial charge in [-0.3, -0.25) is 9.89 Å². The minimum Gasteiger partial charge on any atom is -0.370 e. The van der Waals surface area contributed by atoms with Crippen LogP contribution in [0.25, 0.3) is 0 Å². The Morgan fingerprint density at radius 1 is 1.05 bits per heavy atom. The first-order valence-corrected chi connectivity index (χ1v) is 8.18. The summed E-state index contributed by atoms with van der Waals surface area (Å²) in [6.07, 6.45) is 2.49. The Balaban J connectivity index is 0.00000220. The van der Waals surface area contributed by atoms with Crippen molar-refractivity contribution >= 4 is 29.9 Å². The van der Waals surface area contributed by atoms with Crippen LogP contribution < -0.4 is 5.73 Å². The molecule has 2 N–H and O–H groups in total. The fraction of sp³-hybridized carbons (Fsp3) is 0.933. The highest BCUT2D eigenvalue weighted by atomic mass is 127. The summed E-state index contributed by atoms with van der Waals surface area (Å²) in [5.74, 6) is 1.60.